The van der Waals surface area contributed by atoms with E-state index in [0.717, 1.165) is 37.5 Å². The van der Waals surface area contributed by atoms with Crippen molar-refractivity contribution in [1.29, 1.82) is 0 Å². The molecule has 0 spiro atoms. The summed E-state index contributed by atoms with van der Waals surface area (Å²) in [7, 11) is 0. The highest BCUT2D eigenvalue weighted by Gasteiger charge is 2.39. The van der Waals surface area contributed by atoms with Gasteiger partial charge in [0.2, 0.25) is 0 Å². The summed E-state index contributed by atoms with van der Waals surface area (Å²) >= 11 is 0. The molecule has 2 fully saturated rings. The fourth-order valence-corrected chi connectivity index (χ4v) is 4.04. The van der Waals surface area contributed by atoms with E-state index in [1.54, 1.807) is 0 Å². The molecule has 0 aromatic rings. The summed E-state index contributed by atoms with van der Waals surface area (Å²) in [6.45, 7) is 11.3. The summed E-state index contributed by atoms with van der Waals surface area (Å²) < 4.78 is 4.36. The van der Waals surface area contributed by atoms with Crippen LogP contribution in [0.25, 0.3) is 0 Å². The second kappa shape index (κ2) is 9.36. The van der Waals surface area contributed by atoms with Gasteiger partial charge in [-0.25, -0.2) is 0 Å². The fraction of sp³-hybridized carbons (Fsp3) is 0.789. The molecule has 2 aliphatic carbocycles. The first kappa shape index (κ1) is 19.2. The van der Waals surface area contributed by atoms with E-state index in [0.29, 0.717) is 5.41 Å². The van der Waals surface area contributed by atoms with Crippen LogP contribution in [0.15, 0.2) is 25.7 Å². The van der Waals surface area contributed by atoms with E-state index in [1.165, 1.54) is 38.2 Å². The minimum Gasteiger partial charge on any atom is -0.474 e. The zero-order valence-corrected chi connectivity index (χ0v) is 14.3. The normalized spacial score (nSPS) is 32.4. The number of ether oxygens (including phenoxy) is 1. The maximum atomic E-state index is 9.60. The Labute approximate surface area is 136 Å². The molecule has 2 rings (SSSR count). The third-order valence-electron chi connectivity index (χ3n) is 5.69. The summed E-state index contributed by atoms with van der Waals surface area (Å²) in [5.74, 6) is 1.54. The van der Waals surface area contributed by atoms with Crippen molar-refractivity contribution in [1.82, 2.24) is 0 Å². The third-order valence-corrected chi connectivity index (χ3v) is 5.69. The van der Waals surface area contributed by atoms with Crippen molar-refractivity contribution >= 4 is 0 Å². The number of rotatable bonds is 4. The average molecular weight is 310 g/mol. The molecule has 3 heteroatoms. The highest BCUT2D eigenvalue weighted by molar-refractivity contribution is 4.90. The number of hydrogen-bond donors (Lipinski definition) is 2. The second-order valence-electron chi connectivity index (χ2n) is 7.30. The van der Waals surface area contributed by atoms with Gasteiger partial charge in [0, 0.05) is 0 Å². The van der Waals surface area contributed by atoms with Crippen molar-refractivity contribution in [2.45, 2.75) is 77.4 Å². The fourth-order valence-electron chi connectivity index (χ4n) is 4.04. The quantitative estimate of drug-likeness (QED) is 0.756. The van der Waals surface area contributed by atoms with Crippen LogP contribution in [0.4, 0.5) is 0 Å². The number of aliphatic hydroxyl groups is 2. The Balaban J connectivity index is 0.000000422. The first-order chi connectivity index (χ1) is 10.4. The van der Waals surface area contributed by atoms with Gasteiger partial charge in [-0.2, -0.15) is 0 Å². The zero-order chi connectivity index (χ0) is 16.6. The van der Waals surface area contributed by atoms with Gasteiger partial charge in [0.1, 0.15) is 0 Å². The minimum absolute atomic E-state index is 0.0461. The lowest BCUT2D eigenvalue weighted by Gasteiger charge is -2.46. The molecule has 0 heterocycles. The Morgan fingerprint density at radius 3 is 1.32 bits per heavy atom. The van der Waals surface area contributed by atoms with Gasteiger partial charge in [-0.15, -0.1) is 0 Å². The summed E-state index contributed by atoms with van der Waals surface area (Å²) in [4.78, 5) is 0. The molecule has 0 aromatic heterocycles. The standard InChI is InChI=1S/C15H28O2.C4H6O/c1-15(2,11-3-7-13(16)8-4-11)12-5-9-14(17)10-6-12;1-3-5-4-2/h11-14,16-17H,3-10H2,1-2H3;3-4H,1-2H2. The molecule has 128 valence electrons. The van der Waals surface area contributed by atoms with Crippen LogP contribution in [0.3, 0.4) is 0 Å². The molecule has 2 aliphatic rings. The van der Waals surface area contributed by atoms with Crippen LogP contribution in [-0.4, -0.2) is 22.4 Å². The van der Waals surface area contributed by atoms with Gasteiger partial charge in [0.05, 0.1) is 24.7 Å². The van der Waals surface area contributed by atoms with Gasteiger partial charge in [0.25, 0.3) is 0 Å². The molecule has 0 saturated heterocycles. The molecule has 0 radical (unpaired) electrons. The SMILES string of the molecule is C=COC=C.CC(C)(C1CCC(O)CC1)C1CCC(O)CC1. The Bertz CT molecular complexity index is 292. The van der Waals surface area contributed by atoms with Crippen molar-refractivity contribution in [3.63, 3.8) is 0 Å². The van der Waals surface area contributed by atoms with Crippen molar-refractivity contribution in [3.8, 4) is 0 Å². The highest BCUT2D eigenvalue weighted by Crippen LogP contribution is 2.48. The van der Waals surface area contributed by atoms with Crippen LogP contribution in [-0.2, 0) is 4.74 Å². The molecule has 2 N–H and O–H groups in total. The lowest BCUT2D eigenvalue weighted by Crippen LogP contribution is -2.38. The van der Waals surface area contributed by atoms with Crippen molar-refractivity contribution in [2.24, 2.45) is 17.3 Å². The maximum Gasteiger partial charge on any atom is 0.0829 e. The predicted octanol–water partition coefficient (Wildman–Crippen LogP) is 4.40. The van der Waals surface area contributed by atoms with Crippen molar-refractivity contribution in [3.05, 3.63) is 25.7 Å². The highest BCUT2D eigenvalue weighted by atomic mass is 16.5. The van der Waals surface area contributed by atoms with Gasteiger partial charge in [-0.1, -0.05) is 27.0 Å². The van der Waals surface area contributed by atoms with Crippen LogP contribution in [0.1, 0.15) is 65.2 Å². The monoisotopic (exact) mass is 310 g/mol. The van der Waals surface area contributed by atoms with Crippen LogP contribution >= 0.6 is 0 Å². The third kappa shape index (κ3) is 5.77. The topological polar surface area (TPSA) is 49.7 Å². The molecule has 0 unspecified atom stereocenters. The van der Waals surface area contributed by atoms with E-state index in [2.05, 4.69) is 31.7 Å². The Kier molecular flexibility index (Phi) is 8.19. The van der Waals surface area contributed by atoms with Gasteiger partial charge in [-0.05, 0) is 68.6 Å². The van der Waals surface area contributed by atoms with Gasteiger partial charge in [0.15, 0.2) is 0 Å². The van der Waals surface area contributed by atoms with Crippen LogP contribution < -0.4 is 0 Å². The number of hydrogen-bond acceptors (Lipinski definition) is 3. The summed E-state index contributed by atoms with van der Waals surface area (Å²) in [6.07, 6.45) is 11.2. The van der Waals surface area contributed by atoms with E-state index < -0.39 is 0 Å². The van der Waals surface area contributed by atoms with Crippen molar-refractivity contribution in [2.75, 3.05) is 0 Å². The molecule has 0 atom stereocenters. The van der Waals surface area contributed by atoms with E-state index >= 15 is 0 Å². The molecule has 22 heavy (non-hydrogen) atoms. The van der Waals surface area contributed by atoms with E-state index in [1.807, 2.05) is 0 Å². The summed E-state index contributed by atoms with van der Waals surface area (Å²) in [5.41, 5.74) is 0.389. The average Bonchev–Trinajstić information content (AvgIpc) is 2.49. The first-order valence-electron chi connectivity index (χ1n) is 8.65. The Hall–Kier alpha value is -0.800. The zero-order valence-electron chi connectivity index (χ0n) is 14.3. The molecule has 0 bridgehead atoms. The predicted molar refractivity (Wildman–Crippen MR) is 91.2 cm³/mol. The van der Waals surface area contributed by atoms with Crippen LogP contribution in [0, 0.1) is 17.3 Å². The number of aliphatic hydroxyl groups excluding tert-OH is 2. The van der Waals surface area contributed by atoms with Gasteiger partial charge in [-0.3, -0.25) is 0 Å². The molecule has 0 aliphatic heterocycles. The minimum atomic E-state index is -0.0461. The largest absolute Gasteiger partial charge is 0.474 e. The summed E-state index contributed by atoms with van der Waals surface area (Å²) in [5, 5.41) is 19.2. The van der Waals surface area contributed by atoms with Crippen molar-refractivity contribution < 1.29 is 14.9 Å². The van der Waals surface area contributed by atoms with Crippen LogP contribution in [0.5, 0.6) is 0 Å². The molecular formula is C19H34O3. The molecule has 3 nitrogen and oxygen atoms in total. The smallest absolute Gasteiger partial charge is 0.0829 e. The maximum absolute atomic E-state index is 9.60. The molecule has 0 aromatic carbocycles. The lowest BCUT2D eigenvalue weighted by molar-refractivity contribution is 0.00233. The molecule has 2 saturated carbocycles. The Morgan fingerprint density at radius 2 is 1.09 bits per heavy atom. The first-order valence-corrected chi connectivity index (χ1v) is 8.65. The van der Waals surface area contributed by atoms with E-state index in [9.17, 15) is 10.2 Å². The summed E-state index contributed by atoms with van der Waals surface area (Å²) in [6, 6.07) is 0. The van der Waals surface area contributed by atoms with E-state index in [-0.39, 0.29) is 12.2 Å². The Morgan fingerprint density at radius 1 is 0.773 bits per heavy atom. The lowest BCUT2D eigenvalue weighted by atomic mass is 9.60. The van der Waals surface area contributed by atoms with Gasteiger partial charge >= 0.3 is 0 Å². The van der Waals surface area contributed by atoms with Crippen LogP contribution in [0.2, 0.25) is 0 Å². The van der Waals surface area contributed by atoms with E-state index in [4.69, 9.17) is 0 Å². The molecule has 0 amide bonds. The second-order valence-corrected chi connectivity index (χ2v) is 7.30. The van der Waals surface area contributed by atoms with Gasteiger partial charge < -0.3 is 14.9 Å². The molecular weight excluding hydrogens is 276 g/mol.